The van der Waals surface area contributed by atoms with Gasteiger partial charge in [-0.15, -0.1) is 0 Å². The third-order valence-corrected chi connectivity index (χ3v) is 3.05. The Bertz CT molecular complexity index is 812. The molecule has 0 bridgehead atoms. The quantitative estimate of drug-likeness (QED) is 0.789. The highest BCUT2D eigenvalue weighted by Crippen LogP contribution is 2.09. The molecule has 0 saturated carbocycles. The topological polar surface area (TPSA) is 68.5 Å². The Hall–Kier alpha value is -2.89. The van der Waals surface area contributed by atoms with Crippen LogP contribution in [0.25, 0.3) is 5.65 Å². The lowest BCUT2D eigenvalue weighted by atomic mass is 10.3. The van der Waals surface area contributed by atoms with Crippen molar-refractivity contribution in [3.8, 4) is 5.88 Å². The summed E-state index contributed by atoms with van der Waals surface area (Å²) in [5.74, 6) is 1.11. The Morgan fingerprint density at radius 2 is 2.19 bits per heavy atom. The summed E-state index contributed by atoms with van der Waals surface area (Å²) in [4.78, 5) is 20.5. The largest absolute Gasteiger partial charge is 0.481 e. The van der Waals surface area contributed by atoms with Crippen molar-refractivity contribution in [2.75, 3.05) is 12.4 Å². The molecule has 0 aromatic carbocycles. The average Bonchev–Trinajstić information content (AvgIpc) is 2.53. The zero-order chi connectivity index (χ0) is 14.7. The third kappa shape index (κ3) is 2.84. The van der Waals surface area contributed by atoms with Crippen molar-refractivity contribution < 1.29 is 4.74 Å². The SMILES string of the molecule is COc1ccc(CNc2cc(=O)n3ccccc3n2)cn1. The summed E-state index contributed by atoms with van der Waals surface area (Å²) in [7, 11) is 1.58. The number of aromatic nitrogens is 3. The maximum absolute atomic E-state index is 11.9. The normalized spacial score (nSPS) is 10.5. The van der Waals surface area contributed by atoms with Crippen LogP contribution in [0.15, 0.2) is 53.6 Å². The van der Waals surface area contributed by atoms with Gasteiger partial charge < -0.3 is 10.1 Å². The van der Waals surface area contributed by atoms with Crippen LogP contribution in [0.2, 0.25) is 0 Å². The minimum absolute atomic E-state index is 0.115. The fourth-order valence-corrected chi connectivity index (χ4v) is 1.97. The third-order valence-electron chi connectivity index (χ3n) is 3.05. The Balaban J connectivity index is 1.80. The molecule has 0 aliphatic heterocycles. The molecule has 0 atom stereocenters. The molecule has 6 nitrogen and oxygen atoms in total. The van der Waals surface area contributed by atoms with E-state index in [1.807, 2.05) is 12.1 Å². The molecule has 6 heteroatoms. The van der Waals surface area contributed by atoms with Gasteiger partial charge in [0.15, 0.2) is 0 Å². The van der Waals surface area contributed by atoms with E-state index in [4.69, 9.17) is 4.74 Å². The van der Waals surface area contributed by atoms with Crippen LogP contribution in [-0.2, 0) is 6.54 Å². The fraction of sp³-hybridized carbons (Fsp3) is 0.133. The predicted octanol–water partition coefficient (Wildman–Crippen LogP) is 1.71. The molecular formula is C15H14N4O2. The van der Waals surface area contributed by atoms with Gasteiger partial charge in [0.05, 0.1) is 7.11 Å². The Morgan fingerprint density at radius 3 is 2.95 bits per heavy atom. The lowest BCUT2D eigenvalue weighted by molar-refractivity contribution is 0.397. The van der Waals surface area contributed by atoms with Gasteiger partial charge in [0.2, 0.25) is 5.88 Å². The Morgan fingerprint density at radius 1 is 1.29 bits per heavy atom. The molecule has 3 rings (SSSR count). The lowest BCUT2D eigenvalue weighted by Gasteiger charge is -2.07. The van der Waals surface area contributed by atoms with Crippen LogP contribution in [0.4, 0.5) is 5.82 Å². The van der Waals surface area contributed by atoms with Crippen molar-refractivity contribution in [3.05, 3.63) is 64.7 Å². The first-order valence-corrected chi connectivity index (χ1v) is 6.47. The van der Waals surface area contributed by atoms with E-state index in [1.165, 1.54) is 10.5 Å². The lowest BCUT2D eigenvalue weighted by Crippen LogP contribution is -2.15. The van der Waals surface area contributed by atoms with Crippen molar-refractivity contribution >= 4 is 11.5 Å². The number of fused-ring (bicyclic) bond motifs is 1. The zero-order valence-corrected chi connectivity index (χ0v) is 11.5. The summed E-state index contributed by atoms with van der Waals surface area (Å²) >= 11 is 0. The number of anilines is 1. The predicted molar refractivity (Wildman–Crippen MR) is 79.6 cm³/mol. The van der Waals surface area contributed by atoms with Crippen LogP contribution in [0.1, 0.15) is 5.56 Å². The second kappa shape index (κ2) is 5.62. The molecule has 0 radical (unpaired) electrons. The molecular weight excluding hydrogens is 268 g/mol. The first kappa shape index (κ1) is 13.1. The van der Waals surface area contributed by atoms with Crippen molar-refractivity contribution in [1.82, 2.24) is 14.4 Å². The van der Waals surface area contributed by atoms with E-state index < -0.39 is 0 Å². The highest BCUT2D eigenvalue weighted by Gasteiger charge is 2.02. The van der Waals surface area contributed by atoms with Crippen LogP contribution < -0.4 is 15.6 Å². The van der Waals surface area contributed by atoms with E-state index in [0.29, 0.717) is 23.9 Å². The van der Waals surface area contributed by atoms with Gasteiger partial charge in [-0.1, -0.05) is 12.1 Å². The van der Waals surface area contributed by atoms with Gasteiger partial charge in [0.25, 0.3) is 5.56 Å². The molecule has 0 fully saturated rings. The van der Waals surface area contributed by atoms with Gasteiger partial charge in [-0.25, -0.2) is 9.97 Å². The second-order valence-corrected chi connectivity index (χ2v) is 4.47. The maximum atomic E-state index is 11.9. The number of nitrogens with one attached hydrogen (secondary N) is 1. The Kier molecular flexibility index (Phi) is 3.51. The van der Waals surface area contributed by atoms with Crippen molar-refractivity contribution in [2.24, 2.45) is 0 Å². The van der Waals surface area contributed by atoms with Crippen LogP contribution in [-0.4, -0.2) is 21.5 Å². The van der Waals surface area contributed by atoms with Crippen molar-refractivity contribution in [2.45, 2.75) is 6.54 Å². The minimum Gasteiger partial charge on any atom is -0.481 e. The molecule has 0 saturated heterocycles. The van der Waals surface area contributed by atoms with E-state index in [1.54, 1.807) is 37.7 Å². The smallest absolute Gasteiger partial charge is 0.259 e. The molecule has 0 spiro atoms. The van der Waals surface area contributed by atoms with E-state index in [2.05, 4.69) is 15.3 Å². The van der Waals surface area contributed by atoms with Gasteiger partial charge in [0.1, 0.15) is 11.5 Å². The standard InChI is InChI=1S/C15H14N4O2/c1-21-14-6-5-11(10-17-14)9-16-12-8-15(20)19-7-3-2-4-13(19)18-12/h2-8,10,16H,9H2,1H3. The summed E-state index contributed by atoms with van der Waals surface area (Å²) in [6, 6.07) is 10.6. The molecule has 0 amide bonds. The summed E-state index contributed by atoms with van der Waals surface area (Å²) in [6.07, 6.45) is 3.42. The molecule has 0 aliphatic carbocycles. The highest BCUT2D eigenvalue weighted by atomic mass is 16.5. The number of hydrogen-bond donors (Lipinski definition) is 1. The molecule has 0 unspecified atom stereocenters. The molecule has 3 heterocycles. The molecule has 0 aliphatic rings. The van der Waals surface area contributed by atoms with Crippen LogP contribution in [0.5, 0.6) is 5.88 Å². The van der Waals surface area contributed by atoms with Gasteiger partial charge in [-0.05, 0) is 17.7 Å². The molecule has 106 valence electrons. The Labute approximate surface area is 121 Å². The molecule has 3 aromatic rings. The first-order valence-electron chi connectivity index (χ1n) is 6.47. The molecule has 21 heavy (non-hydrogen) atoms. The second-order valence-electron chi connectivity index (χ2n) is 4.47. The number of nitrogens with zero attached hydrogens (tertiary/aromatic N) is 3. The minimum atomic E-state index is -0.115. The summed E-state index contributed by atoms with van der Waals surface area (Å²) < 4.78 is 6.51. The summed E-state index contributed by atoms with van der Waals surface area (Å²) in [5, 5.41) is 3.13. The van der Waals surface area contributed by atoms with Crippen LogP contribution in [0, 0.1) is 0 Å². The van der Waals surface area contributed by atoms with Gasteiger partial charge >= 0.3 is 0 Å². The first-order chi connectivity index (χ1) is 10.3. The van der Waals surface area contributed by atoms with Crippen molar-refractivity contribution in [3.63, 3.8) is 0 Å². The number of hydrogen-bond acceptors (Lipinski definition) is 5. The number of rotatable bonds is 4. The van der Waals surface area contributed by atoms with E-state index in [0.717, 1.165) is 5.56 Å². The van der Waals surface area contributed by atoms with E-state index >= 15 is 0 Å². The average molecular weight is 282 g/mol. The van der Waals surface area contributed by atoms with Crippen LogP contribution >= 0.6 is 0 Å². The van der Waals surface area contributed by atoms with Gasteiger partial charge in [-0.3, -0.25) is 9.20 Å². The number of ether oxygens (including phenoxy) is 1. The van der Waals surface area contributed by atoms with Gasteiger partial charge in [0, 0.05) is 31.1 Å². The number of pyridine rings is 2. The summed E-state index contributed by atoms with van der Waals surface area (Å²) in [6.45, 7) is 0.534. The maximum Gasteiger partial charge on any atom is 0.259 e. The van der Waals surface area contributed by atoms with E-state index in [-0.39, 0.29) is 5.56 Å². The fourth-order valence-electron chi connectivity index (χ4n) is 1.97. The van der Waals surface area contributed by atoms with Crippen molar-refractivity contribution in [1.29, 1.82) is 0 Å². The monoisotopic (exact) mass is 282 g/mol. The highest BCUT2D eigenvalue weighted by molar-refractivity contribution is 5.46. The van der Waals surface area contributed by atoms with Gasteiger partial charge in [-0.2, -0.15) is 0 Å². The molecule has 3 aromatic heterocycles. The van der Waals surface area contributed by atoms with Crippen LogP contribution in [0.3, 0.4) is 0 Å². The zero-order valence-electron chi connectivity index (χ0n) is 11.5. The van der Waals surface area contributed by atoms with E-state index in [9.17, 15) is 4.79 Å². The number of methoxy groups -OCH3 is 1. The molecule has 1 N–H and O–H groups in total. The summed E-state index contributed by atoms with van der Waals surface area (Å²) in [5.41, 5.74) is 1.47.